The molecule has 0 fully saturated rings. The van der Waals surface area contributed by atoms with Gasteiger partial charge in [0.1, 0.15) is 0 Å². The molecule has 252 valence electrons. The molecule has 0 saturated heterocycles. The molecule has 0 saturated carbocycles. The largest absolute Gasteiger partial charge is 0.309 e. The maximum atomic E-state index is 5.54. The van der Waals surface area contributed by atoms with E-state index in [1.54, 1.807) is 0 Å². The summed E-state index contributed by atoms with van der Waals surface area (Å²) in [6.45, 7) is 6.22. The zero-order valence-electron chi connectivity index (χ0n) is 29.7. The van der Waals surface area contributed by atoms with E-state index in [-0.39, 0.29) is 0 Å². The van der Waals surface area contributed by atoms with Crippen molar-refractivity contribution in [2.75, 3.05) is 0 Å². The minimum Gasteiger partial charge on any atom is -0.309 e. The van der Waals surface area contributed by atoms with Gasteiger partial charge in [0.25, 0.3) is 0 Å². The summed E-state index contributed by atoms with van der Waals surface area (Å²) in [6, 6.07) is 54.6. The summed E-state index contributed by atoms with van der Waals surface area (Å²) < 4.78 is 2.45. The van der Waals surface area contributed by atoms with E-state index in [9.17, 15) is 0 Å². The number of aromatic nitrogens is 3. The Hall–Kier alpha value is -7.10. The van der Waals surface area contributed by atoms with Crippen LogP contribution in [0.1, 0.15) is 11.1 Å². The van der Waals surface area contributed by atoms with Crippen LogP contribution in [0.15, 0.2) is 170 Å². The van der Waals surface area contributed by atoms with Gasteiger partial charge in [-0.05, 0) is 80.6 Å². The van der Waals surface area contributed by atoms with Gasteiger partial charge in [0, 0.05) is 27.5 Å². The van der Waals surface area contributed by atoms with Crippen LogP contribution in [0, 0.1) is 6.92 Å². The molecule has 0 unspecified atom stereocenters. The van der Waals surface area contributed by atoms with Crippen molar-refractivity contribution in [1.82, 2.24) is 14.5 Å². The fourth-order valence-electron chi connectivity index (χ4n) is 8.83. The van der Waals surface area contributed by atoms with Gasteiger partial charge in [-0.15, -0.1) is 0 Å². The number of rotatable bonds is 5. The number of allylic oxidation sites excluding steroid dienone is 2. The van der Waals surface area contributed by atoms with E-state index in [2.05, 4.69) is 170 Å². The second-order valence-corrected chi connectivity index (χ2v) is 14.2. The number of hydrogen-bond donors (Lipinski definition) is 0. The Kier molecular flexibility index (Phi) is 6.62. The predicted octanol–water partition coefficient (Wildman–Crippen LogP) is 13.5. The standard InChI is InChI=1S/C51H33N3/c1-3-4-19-37-31(2)49-42(52-51(50(53-49)34-15-6-5-7-16-34)36-26-25-32-14-8-9-17-35(32)29-36)30-45(37)54-43-24-13-23-41-39-21-11-10-20-38(39)40-22-12-18-33-27-28-44(54)48(46(33)40)47(41)43/h3-30H,1H2,2H3/b19-4-. The van der Waals surface area contributed by atoms with Gasteiger partial charge in [-0.2, -0.15) is 0 Å². The van der Waals surface area contributed by atoms with Crippen LogP contribution in [0.5, 0.6) is 0 Å². The summed E-state index contributed by atoms with van der Waals surface area (Å²) in [4.78, 5) is 11.0. The van der Waals surface area contributed by atoms with Crippen LogP contribution in [0.3, 0.4) is 0 Å². The molecule has 0 bridgehead atoms. The lowest BCUT2D eigenvalue weighted by Crippen LogP contribution is -2.04. The SMILES string of the molecule is C=C/C=C\c1c(-n2c3cccc4c3c3c5c(cccc5ccc32)-c2ccccc2-4)cc2nc(-c3ccc4ccccc4c3)c(-c3ccccc3)nc2c1C. The molecule has 0 atom stereocenters. The normalized spacial score (nSPS) is 12.2. The Bertz CT molecular complexity index is 3240. The summed E-state index contributed by atoms with van der Waals surface area (Å²) in [6.07, 6.45) is 6.04. The first-order valence-electron chi connectivity index (χ1n) is 18.5. The number of fused-ring (bicyclic) bond motifs is 5. The Morgan fingerprint density at radius 3 is 1.98 bits per heavy atom. The molecule has 0 spiro atoms. The van der Waals surface area contributed by atoms with Gasteiger partial charge in [0.2, 0.25) is 0 Å². The molecule has 1 aliphatic carbocycles. The highest BCUT2D eigenvalue weighted by Crippen LogP contribution is 2.50. The minimum atomic E-state index is 0.853. The third-order valence-corrected chi connectivity index (χ3v) is 11.2. The van der Waals surface area contributed by atoms with Crippen LogP contribution >= 0.6 is 0 Å². The van der Waals surface area contributed by atoms with Crippen LogP contribution < -0.4 is 0 Å². The Morgan fingerprint density at radius 1 is 0.519 bits per heavy atom. The summed E-state index contributed by atoms with van der Waals surface area (Å²) in [5.41, 5.74) is 16.1. The van der Waals surface area contributed by atoms with Gasteiger partial charge >= 0.3 is 0 Å². The molecule has 8 aromatic carbocycles. The molecule has 3 nitrogen and oxygen atoms in total. The van der Waals surface area contributed by atoms with Crippen molar-refractivity contribution in [2.45, 2.75) is 6.92 Å². The molecular formula is C51H33N3. The third kappa shape index (κ3) is 4.36. The monoisotopic (exact) mass is 687 g/mol. The van der Waals surface area contributed by atoms with E-state index < -0.39 is 0 Å². The van der Waals surface area contributed by atoms with Crippen molar-refractivity contribution in [1.29, 1.82) is 0 Å². The number of aryl methyl sites for hydroxylation is 1. The molecule has 54 heavy (non-hydrogen) atoms. The molecular weight excluding hydrogens is 655 g/mol. The summed E-state index contributed by atoms with van der Waals surface area (Å²) >= 11 is 0. The fourth-order valence-corrected chi connectivity index (χ4v) is 8.83. The van der Waals surface area contributed by atoms with Crippen molar-refractivity contribution in [3.8, 4) is 50.5 Å². The van der Waals surface area contributed by atoms with Gasteiger partial charge in [0.05, 0.1) is 39.1 Å². The molecule has 3 heteroatoms. The lowest BCUT2D eigenvalue weighted by atomic mass is 9.93. The number of benzene rings is 8. The molecule has 11 rings (SSSR count). The predicted molar refractivity (Wildman–Crippen MR) is 228 cm³/mol. The Balaban J connectivity index is 1.27. The van der Waals surface area contributed by atoms with Gasteiger partial charge < -0.3 is 4.57 Å². The van der Waals surface area contributed by atoms with Crippen molar-refractivity contribution in [3.63, 3.8) is 0 Å². The van der Waals surface area contributed by atoms with Gasteiger partial charge in [-0.3, -0.25) is 0 Å². The first-order valence-corrected chi connectivity index (χ1v) is 18.5. The molecule has 10 aromatic rings. The summed E-state index contributed by atoms with van der Waals surface area (Å²) in [5, 5.41) is 7.46. The summed E-state index contributed by atoms with van der Waals surface area (Å²) in [5.74, 6) is 0. The number of nitrogens with zero attached hydrogens (tertiary/aromatic N) is 3. The zero-order valence-corrected chi connectivity index (χ0v) is 29.7. The van der Waals surface area contributed by atoms with E-state index >= 15 is 0 Å². The van der Waals surface area contributed by atoms with E-state index in [4.69, 9.17) is 9.97 Å². The molecule has 0 aliphatic heterocycles. The van der Waals surface area contributed by atoms with Crippen LogP contribution in [0.25, 0.3) is 111 Å². The topological polar surface area (TPSA) is 30.7 Å². The van der Waals surface area contributed by atoms with Crippen LogP contribution in [0.2, 0.25) is 0 Å². The van der Waals surface area contributed by atoms with Gasteiger partial charge in [-0.25, -0.2) is 9.97 Å². The maximum Gasteiger partial charge on any atom is 0.0973 e. The van der Waals surface area contributed by atoms with Gasteiger partial charge in [0.15, 0.2) is 0 Å². The first kappa shape index (κ1) is 30.5. The Morgan fingerprint density at radius 2 is 1.17 bits per heavy atom. The van der Waals surface area contributed by atoms with E-state index in [0.29, 0.717) is 0 Å². The van der Waals surface area contributed by atoms with Crippen molar-refractivity contribution in [3.05, 3.63) is 182 Å². The maximum absolute atomic E-state index is 5.54. The van der Waals surface area contributed by atoms with Crippen molar-refractivity contribution < 1.29 is 0 Å². The molecule has 0 radical (unpaired) electrons. The summed E-state index contributed by atoms with van der Waals surface area (Å²) in [7, 11) is 0. The van der Waals surface area contributed by atoms with E-state index in [0.717, 1.165) is 55.9 Å². The molecule has 0 amide bonds. The average molecular weight is 688 g/mol. The first-order chi connectivity index (χ1) is 26.7. The lowest BCUT2D eigenvalue weighted by molar-refractivity contribution is 1.16. The van der Waals surface area contributed by atoms with Crippen LogP contribution in [-0.4, -0.2) is 14.5 Å². The highest BCUT2D eigenvalue weighted by atomic mass is 15.0. The smallest absolute Gasteiger partial charge is 0.0973 e. The van der Waals surface area contributed by atoms with Crippen LogP contribution in [0.4, 0.5) is 0 Å². The fraction of sp³-hybridized carbons (Fsp3) is 0.0196. The quantitative estimate of drug-likeness (QED) is 0.169. The van der Waals surface area contributed by atoms with Gasteiger partial charge in [-0.1, -0.05) is 152 Å². The highest BCUT2D eigenvalue weighted by molar-refractivity contribution is 6.30. The minimum absolute atomic E-state index is 0.853. The van der Waals surface area contributed by atoms with Crippen LogP contribution in [-0.2, 0) is 0 Å². The lowest BCUT2D eigenvalue weighted by Gasteiger charge is -2.19. The molecule has 0 N–H and O–H groups in total. The third-order valence-electron chi connectivity index (χ3n) is 11.2. The van der Waals surface area contributed by atoms with Crippen molar-refractivity contribution >= 4 is 60.5 Å². The number of hydrogen-bond acceptors (Lipinski definition) is 2. The van der Waals surface area contributed by atoms with E-state index in [1.807, 2.05) is 18.2 Å². The highest BCUT2D eigenvalue weighted by Gasteiger charge is 2.26. The van der Waals surface area contributed by atoms with E-state index in [1.165, 1.54) is 60.1 Å². The second kappa shape index (κ2) is 11.7. The average Bonchev–Trinajstić information content (AvgIpc) is 3.51. The van der Waals surface area contributed by atoms with Crippen molar-refractivity contribution in [2.24, 2.45) is 0 Å². The second-order valence-electron chi connectivity index (χ2n) is 14.2. The molecule has 2 heterocycles. The molecule has 1 aliphatic rings. The molecule has 2 aromatic heterocycles. The Labute approximate surface area is 312 Å². The zero-order chi connectivity index (χ0) is 35.9.